The van der Waals surface area contributed by atoms with E-state index in [-0.39, 0.29) is 4.90 Å². The van der Waals surface area contributed by atoms with Crippen LogP contribution in [-0.4, -0.2) is 20.4 Å². The van der Waals surface area contributed by atoms with E-state index in [1.807, 2.05) is 0 Å². The first-order valence-corrected chi connectivity index (χ1v) is 7.39. The van der Waals surface area contributed by atoms with Crippen LogP contribution in [0.25, 0.3) is 0 Å². The summed E-state index contributed by atoms with van der Waals surface area (Å²) in [5, 5.41) is 2.06. The highest BCUT2D eigenvalue weighted by atomic mass is 32.2. The van der Waals surface area contributed by atoms with E-state index in [1.165, 1.54) is 43.6 Å². The van der Waals surface area contributed by atoms with E-state index < -0.39 is 15.8 Å². The minimum absolute atomic E-state index is 0.0547. The quantitative estimate of drug-likeness (QED) is 0.870. The minimum Gasteiger partial charge on any atom is -0.244 e. The zero-order valence-corrected chi connectivity index (χ0v) is 11.4. The van der Waals surface area contributed by atoms with Crippen LogP contribution in [0, 0.1) is 12.7 Å². The van der Waals surface area contributed by atoms with Gasteiger partial charge in [0.2, 0.25) is 0 Å². The van der Waals surface area contributed by atoms with Crippen molar-refractivity contribution < 1.29 is 12.8 Å². The molecule has 0 radical (unpaired) electrons. The first kappa shape index (κ1) is 13.0. The Bertz CT molecular complexity index is 654. The fourth-order valence-corrected chi connectivity index (χ4v) is 3.48. The summed E-state index contributed by atoms with van der Waals surface area (Å²) in [5.74, 6) is -0.425. The second-order valence-electron chi connectivity index (χ2n) is 3.70. The van der Waals surface area contributed by atoms with Gasteiger partial charge in [-0.3, -0.25) is 0 Å². The van der Waals surface area contributed by atoms with E-state index in [9.17, 15) is 12.8 Å². The molecule has 2 aromatic rings. The van der Waals surface area contributed by atoms with Gasteiger partial charge in [-0.1, -0.05) is 0 Å². The average molecular weight is 286 g/mol. The summed E-state index contributed by atoms with van der Waals surface area (Å²) in [6.07, 6.45) is 1.53. The number of halogens is 1. The van der Waals surface area contributed by atoms with Crippen molar-refractivity contribution in [3.05, 3.63) is 41.2 Å². The lowest BCUT2D eigenvalue weighted by atomic mass is 10.2. The van der Waals surface area contributed by atoms with Crippen LogP contribution >= 0.6 is 11.3 Å². The number of hydrogen-bond donors (Lipinski definition) is 0. The van der Waals surface area contributed by atoms with Crippen molar-refractivity contribution >= 4 is 26.5 Å². The van der Waals surface area contributed by atoms with E-state index in [0.717, 1.165) is 10.4 Å². The maximum Gasteiger partial charge on any atom is 0.265 e. The van der Waals surface area contributed by atoms with Crippen molar-refractivity contribution in [1.82, 2.24) is 4.98 Å². The SMILES string of the molecule is Cc1cc(S(=O)(=O)N(C)c2nccs2)ccc1F. The normalized spacial score (nSPS) is 11.5. The Morgan fingerprint density at radius 2 is 2.11 bits per heavy atom. The molecule has 4 nitrogen and oxygen atoms in total. The molecule has 1 aromatic carbocycles. The molecule has 0 atom stereocenters. The zero-order valence-electron chi connectivity index (χ0n) is 9.79. The third-order valence-corrected chi connectivity index (χ3v) is 5.18. The number of aromatic nitrogens is 1. The van der Waals surface area contributed by atoms with Gasteiger partial charge in [0, 0.05) is 18.6 Å². The fraction of sp³-hybridized carbons (Fsp3) is 0.182. The number of sulfonamides is 1. The van der Waals surface area contributed by atoms with Crippen molar-refractivity contribution in [1.29, 1.82) is 0 Å². The third-order valence-electron chi connectivity index (χ3n) is 2.48. The van der Waals surface area contributed by atoms with Gasteiger partial charge >= 0.3 is 0 Å². The van der Waals surface area contributed by atoms with Crippen molar-refractivity contribution in [3.8, 4) is 0 Å². The van der Waals surface area contributed by atoms with Gasteiger partial charge in [0.15, 0.2) is 5.13 Å². The molecule has 0 fully saturated rings. The largest absolute Gasteiger partial charge is 0.265 e. The Balaban J connectivity index is 2.45. The number of aryl methyl sites for hydroxylation is 1. The standard InChI is InChI=1S/C11H11FN2O2S2/c1-8-7-9(3-4-10(8)12)18(15,16)14(2)11-13-5-6-17-11/h3-7H,1-2H3. The lowest BCUT2D eigenvalue weighted by Crippen LogP contribution is -2.26. The van der Waals surface area contributed by atoms with Crippen molar-refractivity contribution in [2.45, 2.75) is 11.8 Å². The van der Waals surface area contributed by atoms with Gasteiger partial charge in [0.25, 0.3) is 10.0 Å². The highest BCUT2D eigenvalue weighted by Crippen LogP contribution is 2.24. The highest BCUT2D eigenvalue weighted by Gasteiger charge is 2.23. The molecule has 1 aromatic heterocycles. The minimum atomic E-state index is -3.69. The molecule has 7 heteroatoms. The summed E-state index contributed by atoms with van der Waals surface area (Å²) in [4.78, 5) is 3.99. The summed E-state index contributed by atoms with van der Waals surface area (Å²) < 4.78 is 38.8. The third kappa shape index (κ3) is 2.23. The molecule has 96 valence electrons. The summed E-state index contributed by atoms with van der Waals surface area (Å²) in [6, 6.07) is 3.72. The molecule has 18 heavy (non-hydrogen) atoms. The smallest absolute Gasteiger partial charge is 0.244 e. The molecule has 0 aliphatic carbocycles. The van der Waals surface area contributed by atoms with Crippen molar-refractivity contribution in [2.24, 2.45) is 0 Å². The first-order chi connectivity index (χ1) is 8.43. The monoisotopic (exact) mass is 286 g/mol. The van der Waals surface area contributed by atoms with Gasteiger partial charge in [0.1, 0.15) is 5.82 Å². The summed E-state index contributed by atoms with van der Waals surface area (Å²) in [7, 11) is -2.26. The Morgan fingerprint density at radius 3 is 2.67 bits per heavy atom. The Kier molecular flexibility index (Phi) is 3.36. The van der Waals surface area contributed by atoms with E-state index in [0.29, 0.717) is 10.7 Å². The number of nitrogens with zero attached hydrogens (tertiary/aromatic N) is 2. The van der Waals surface area contributed by atoms with Gasteiger partial charge in [-0.15, -0.1) is 11.3 Å². The Hall–Kier alpha value is -1.47. The number of thiazole rings is 1. The highest BCUT2D eigenvalue weighted by molar-refractivity contribution is 7.93. The van der Waals surface area contributed by atoms with Gasteiger partial charge < -0.3 is 0 Å². The zero-order chi connectivity index (χ0) is 13.3. The van der Waals surface area contributed by atoms with Crippen LogP contribution in [-0.2, 0) is 10.0 Å². The molecule has 0 amide bonds. The van der Waals surface area contributed by atoms with Crippen molar-refractivity contribution in [2.75, 3.05) is 11.4 Å². The van der Waals surface area contributed by atoms with E-state index in [4.69, 9.17) is 0 Å². The van der Waals surface area contributed by atoms with Crippen LogP contribution < -0.4 is 4.31 Å². The molecule has 0 aliphatic rings. The first-order valence-electron chi connectivity index (χ1n) is 5.07. The molecule has 0 saturated carbocycles. The van der Waals surface area contributed by atoms with E-state index in [2.05, 4.69) is 4.98 Å². The fourth-order valence-electron chi connectivity index (χ4n) is 1.41. The summed E-state index contributed by atoms with van der Waals surface area (Å²) in [6.45, 7) is 1.53. The second-order valence-corrected chi connectivity index (χ2v) is 6.54. The molecular weight excluding hydrogens is 275 g/mol. The molecule has 0 N–H and O–H groups in total. The van der Waals surface area contributed by atoms with Crippen LogP contribution in [0.15, 0.2) is 34.7 Å². The molecule has 0 saturated heterocycles. The maximum absolute atomic E-state index is 13.1. The topological polar surface area (TPSA) is 50.3 Å². The van der Waals surface area contributed by atoms with E-state index in [1.54, 1.807) is 5.38 Å². The van der Waals surface area contributed by atoms with Gasteiger partial charge in [-0.25, -0.2) is 22.1 Å². The lowest BCUT2D eigenvalue weighted by Gasteiger charge is -2.16. The number of hydrogen-bond acceptors (Lipinski definition) is 4. The molecular formula is C11H11FN2O2S2. The predicted octanol–water partition coefficient (Wildman–Crippen LogP) is 2.42. The lowest BCUT2D eigenvalue weighted by molar-refractivity contribution is 0.592. The Morgan fingerprint density at radius 1 is 1.39 bits per heavy atom. The van der Waals surface area contributed by atoms with Gasteiger partial charge in [-0.05, 0) is 30.7 Å². The molecule has 2 rings (SSSR count). The average Bonchev–Trinajstić information content (AvgIpc) is 2.85. The van der Waals surface area contributed by atoms with Gasteiger partial charge in [-0.2, -0.15) is 0 Å². The van der Waals surface area contributed by atoms with Crippen molar-refractivity contribution in [3.63, 3.8) is 0 Å². The molecule has 1 heterocycles. The van der Waals surface area contributed by atoms with E-state index >= 15 is 0 Å². The number of rotatable bonds is 3. The van der Waals surface area contributed by atoms with Crippen LogP contribution in [0.3, 0.4) is 0 Å². The summed E-state index contributed by atoms with van der Waals surface area (Å²) >= 11 is 1.22. The second kappa shape index (κ2) is 4.66. The summed E-state index contributed by atoms with van der Waals surface area (Å²) in [5.41, 5.74) is 0.295. The van der Waals surface area contributed by atoms with Crippen LogP contribution in [0.2, 0.25) is 0 Å². The van der Waals surface area contributed by atoms with Crippen LogP contribution in [0.1, 0.15) is 5.56 Å². The van der Waals surface area contributed by atoms with Crippen LogP contribution in [0.4, 0.5) is 9.52 Å². The predicted molar refractivity (Wildman–Crippen MR) is 68.8 cm³/mol. The molecule has 0 spiro atoms. The maximum atomic E-state index is 13.1. The van der Waals surface area contributed by atoms with Crippen LogP contribution in [0.5, 0.6) is 0 Å². The molecule has 0 bridgehead atoms. The number of anilines is 1. The van der Waals surface area contributed by atoms with Gasteiger partial charge in [0.05, 0.1) is 4.90 Å². The molecule has 0 unspecified atom stereocenters. The Labute approximate surface area is 109 Å². The molecule has 0 aliphatic heterocycles. The number of benzene rings is 1.